The number of rotatable bonds is 3. The van der Waals surface area contributed by atoms with Gasteiger partial charge in [0, 0.05) is 24.4 Å². The lowest BCUT2D eigenvalue weighted by atomic mass is 10.2. The molecular formula is C11H10F3NO2S. The number of carbonyl (C=O) groups is 1. The van der Waals surface area contributed by atoms with Gasteiger partial charge in [-0.2, -0.15) is 13.2 Å². The molecule has 1 N–H and O–H groups in total. The van der Waals surface area contributed by atoms with Gasteiger partial charge in [-0.25, -0.2) is 0 Å². The highest BCUT2D eigenvalue weighted by molar-refractivity contribution is 8.13. The number of thioether (sulfide) groups is 1. The van der Waals surface area contributed by atoms with E-state index in [9.17, 15) is 22.8 Å². The Balaban J connectivity index is 2.88. The number of carbonyl (C=O) groups excluding carboxylic acids is 1. The van der Waals surface area contributed by atoms with E-state index in [1.807, 2.05) is 4.98 Å². The molecule has 0 spiro atoms. The summed E-state index contributed by atoms with van der Waals surface area (Å²) >= 11 is 1.01. The van der Waals surface area contributed by atoms with Gasteiger partial charge in [-0.1, -0.05) is 23.9 Å². The van der Waals surface area contributed by atoms with Crippen LogP contribution in [0.15, 0.2) is 23.1 Å². The summed E-state index contributed by atoms with van der Waals surface area (Å²) < 4.78 is 37.2. The summed E-state index contributed by atoms with van der Waals surface area (Å²) in [6.45, 7) is 1.38. The number of alkyl halides is 3. The van der Waals surface area contributed by atoms with Crippen molar-refractivity contribution in [2.45, 2.75) is 13.1 Å². The highest BCUT2D eigenvalue weighted by atomic mass is 32.2. The number of hydrogen-bond acceptors (Lipinski definition) is 3. The van der Waals surface area contributed by atoms with Crippen LogP contribution in [-0.4, -0.2) is 15.9 Å². The van der Waals surface area contributed by atoms with Crippen molar-refractivity contribution in [1.82, 2.24) is 4.98 Å². The summed E-state index contributed by atoms with van der Waals surface area (Å²) in [5.41, 5.74) is -1.61. The molecule has 1 rings (SSSR count). The first-order valence-corrected chi connectivity index (χ1v) is 5.89. The first-order chi connectivity index (χ1) is 8.30. The molecule has 1 aromatic rings. The average Bonchev–Trinajstić information content (AvgIpc) is 2.24. The van der Waals surface area contributed by atoms with Crippen molar-refractivity contribution < 1.29 is 18.0 Å². The van der Waals surface area contributed by atoms with E-state index in [0.717, 1.165) is 17.8 Å². The highest BCUT2D eigenvalue weighted by Crippen LogP contribution is 2.28. The van der Waals surface area contributed by atoms with Gasteiger partial charge in [0.1, 0.15) is 0 Å². The van der Waals surface area contributed by atoms with Gasteiger partial charge in [-0.15, -0.1) is 0 Å². The van der Waals surface area contributed by atoms with Gasteiger partial charge >= 0.3 is 6.18 Å². The molecule has 0 unspecified atom stereocenters. The van der Waals surface area contributed by atoms with Crippen LogP contribution < -0.4 is 5.56 Å². The molecule has 0 amide bonds. The maximum absolute atomic E-state index is 12.4. The second-order valence-corrected chi connectivity index (χ2v) is 4.57. The third-order valence-electron chi connectivity index (χ3n) is 1.94. The minimum absolute atomic E-state index is 0.0889. The van der Waals surface area contributed by atoms with Gasteiger partial charge < -0.3 is 4.98 Å². The lowest BCUT2D eigenvalue weighted by Gasteiger charge is -2.06. The number of H-pyrrole nitrogens is 1. The van der Waals surface area contributed by atoms with Crippen LogP contribution in [0.2, 0.25) is 0 Å². The number of hydrogen-bond donors (Lipinski definition) is 1. The van der Waals surface area contributed by atoms with Crippen LogP contribution in [0.25, 0.3) is 6.08 Å². The van der Waals surface area contributed by atoms with Crippen LogP contribution in [0.4, 0.5) is 13.2 Å². The molecule has 0 aliphatic carbocycles. The minimum atomic E-state index is -4.50. The quantitative estimate of drug-likeness (QED) is 0.924. The van der Waals surface area contributed by atoms with Crippen molar-refractivity contribution in [2.24, 2.45) is 0 Å². The fraction of sp³-hybridized carbons (Fsp3) is 0.273. The number of nitrogens with one attached hydrogen (secondary N) is 1. The molecule has 0 bridgehead atoms. The normalized spacial score (nSPS) is 12.0. The molecule has 0 saturated carbocycles. The predicted octanol–water partition coefficient (Wildman–Crippen LogP) is 2.69. The van der Waals surface area contributed by atoms with E-state index in [-0.39, 0.29) is 10.7 Å². The van der Waals surface area contributed by atoms with E-state index in [2.05, 4.69) is 0 Å². The van der Waals surface area contributed by atoms with Crippen molar-refractivity contribution >= 4 is 23.0 Å². The van der Waals surface area contributed by atoms with Crippen LogP contribution >= 0.6 is 11.8 Å². The van der Waals surface area contributed by atoms with Crippen LogP contribution in [-0.2, 0) is 11.0 Å². The molecule has 0 aliphatic rings. The molecule has 0 aliphatic heterocycles. The average molecular weight is 277 g/mol. The van der Waals surface area contributed by atoms with Crippen molar-refractivity contribution in [3.05, 3.63) is 39.8 Å². The Morgan fingerprint density at radius 1 is 1.50 bits per heavy atom. The third-order valence-corrected chi connectivity index (χ3v) is 2.71. The van der Waals surface area contributed by atoms with Gasteiger partial charge in [-0.05, 0) is 6.07 Å². The maximum Gasteiger partial charge on any atom is 0.417 e. The zero-order valence-electron chi connectivity index (χ0n) is 9.38. The van der Waals surface area contributed by atoms with E-state index in [4.69, 9.17) is 0 Å². The summed E-state index contributed by atoms with van der Waals surface area (Å²) in [5, 5.41) is -0.0994. The zero-order valence-corrected chi connectivity index (χ0v) is 10.2. The maximum atomic E-state index is 12.4. The molecule has 0 saturated heterocycles. The summed E-state index contributed by atoms with van der Waals surface area (Å²) in [7, 11) is 0. The Bertz CT molecular complexity index is 520. The minimum Gasteiger partial charge on any atom is -0.328 e. The molecule has 3 nitrogen and oxygen atoms in total. The highest BCUT2D eigenvalue weighted by Gasteiger charge is 2.31. The second-order valence-electron chi connectivity index (χ2n) is 3.38. The smallest absolute Gasteiger partial charge is 0.328 e. The Morgan fingerprint density at radius 3 is 2.72 bits per heavy atom. The van der Waals surface area contributed by atoms with Crippen LogP contribution in [0.5, 0.6) is 0 Å². The topological polar surface area (TPSA) is 49.9 Å². The van der Waals surface area contributed by atoms with Gasteiger partial charge in [0.05, 0.1) is 5.56 Å². The number of halogens is 3. The lowest BCUT2D eigenvalue weighted by Crippen LogP contribution is -2.14. The van der Waals surface area contributed by atoms with Gasteiger partial charge in [-0.3, -0.25) is 9.59 Å². The summed E-state index contributed by atoms with van der Waals surface area (Å²) in [6.07, 6.45) is -1.13. The van der Waals surface area contributed by atoms with Gasteiger partial charge in [0.25, 0.3) is 5.56 Å². The van der Waals surface area contributed by atoms with E-state index >= 15 is 0 Å². The summed E-state index contributed by atoms with van der Waals surface area (Å²) in [6, 6.07) is 0.772. The second kappa shape index (κ2) is 5.90. The molecule has 1 aromatic heterocycles. The number of aromatic amines is 1. The number of pyridine rings is 1. The van der Waals surface area contributed by atoms with Crippen molar-refractivity contribution in [2.75, 3.05) is 5.75 Å². The van der Waals surface area contributed by atoms with Crippen LogP contribution in [0, 0.1) is 0 Å². The number of aromatic nitrogens is 1. The van der Waals surface area contributed by atoms with Crippen molar-refractivity contribution in [3.8, 4) is 0 Å². The monoisotopic (exact) mass is 277 g/mol. The molecule has 98 valence electrons. The van der Waals surface area contributed by atoms with Crippen molar-refractivity contribution in [3.63, 3.8) is 0 Å². The summed E-state index contributed by atoms with van der Waals surface area (Å²) in [4.78, 5) is 23.9. The Labute approximate surface area is 105 Å². The largest absolute Gasteiger partial charge is 0.417 e. The third kappa shape index (κ3) is 4.40. The SMILES string of the molecule is CC(=O)SCC=Cc1cc(C(F)(F)F)c[nH]c1=O. The molecule has 0 aromatic carbocycles. The fourth-order valence-corrected chi connectivity index (χ4v) is 1.56. The van der Waals surface area contributed by atoms with E-state index < -0.39 is 17.3 Å². The van der Waals surface area contributed by atoms with E-state index in [0.29, 0.717) is 11.9 Å². The first-order valence-electron chi connectivity index (χ1n) is 4.90. The molecular weight excluding hydrogens is 267 g/mol. The molecule has 0 radical (unpaired) electrons. The van der Waals surface area contributed by atoms with Gasteiger partial charge in [0.15, 0.2) is 5.12 Å². The molecule has 0 fully saturated rings. The molecule has 18 heavy (non-hydrogen) atoms. The van der Waals surface area contributed by atoms with Crippen LogP contribution in [0.3, 0.4) is 0 Å². The zero-order chi connectivity index (χ0) is 13.8. The molecule has 7 heteroatoms. The standard InChI is InChI=1S/C11H10F3NO2S/c1-7(16)18-4-2-3-8-5-9(11(12,13)14)6-15-10(8)17/h2-3,5-6H,4H2,1H3,(H,15,17). The van der Waals surface area contributed by atoms with E-state index in [1.54, 1.807) is 0 Å². The Hall–Kier alpha value is -1.50. The van der Waals surface area contributed by atoms with Crippen molar-refractivity contribution in [1.29, 1.82) is 0 Å². The molecule has 0 atom stereocenters. The molecule has 1 heterocycles. The Kier molecular flexibility index (Phi) is 4.77. The van der Waals surface area contributed by atoms with E-state index in [1.165, 1.54) is 19.1 Å². The summed E-state index contributed by atoms with van der Waals surface area (Å²) in [5.74, 6) is 0.311. The Morgan fingerprint density at radius 2 is 2.17 bits per heavy atom. The van der Waals surface area contributed by atoms with Gasteiger partial charge in [0.2, 0.25) is 0 Å². The fourth-order valence-electron chi connectivity index (χ4n) is 1.13. The predicted molar refractivity (Wildman–Crippen MR) is 64.2 cm³/mol. The van der Waals surface area contributed by atoms with Crippen LogP contribution in [0.1, 0.15) is 18.1 Å². The lowest BCUT2D eigenvalue weighted by molar-refractivity contribution is -0.137. The first kappa shape index (κ1) is 14.6.